The number of carbonyl (C=O) groups is 1. The molecule has 0 radical (unpaired) electrons. The van der Waals surface area contributed by atoms with Crippen LogP contribution in [0.5, 0.6) is 0 Å². The van der Waals surface area contributed by atoms with Crippen LogP contribution in [0.1, 0.15) is 17.5 Å². The van der Waals surface area contributed by atoms with E-state index in [2.05, 4.69) is 0 Å². The highest BCUT2D eigenvalue weighted by Crippen LogP contribution is 2.30. The van der Waals surface area contributed by atoms with Crippen molar-refractivity contribution in [2.24, 2.45) is 5.92 Å². The highest BCUT2D eigenvalue weighted by atomic mass is 16.3. The highest BCUT2D eigenvalue weighted by Gasteiger charge is 2.31. The van der Waals surface area contributed by atoms with Crippen molar-refractivity contribution in [1.29, 1.82) is 0 Å². The minimum absolute atomic E-state index is 0.0894. The number of aryl methyl sites for hydroxylation is 2. The van der Waals surface area contributed by atoms with Gasteiger partial charge in [-0.15, -0.1) is 0 Å². The monoisotopic (exact) mass is 219 g/mol. The van der Waals surface area contributed by atoms with Crippen molar-refractivity contribution in [3.05, 3.63) is 29.3 Å². The molecule has 0 saturated carbocycles. The minimum atomic E-state index is 0.0894. The number of rotatable bonds is 2. The summed E-state index contributed by atoms with van der Waals surface area (Å²) in [5.74, 6) is 0.211. The molecule has 1 aliphatic rings. The van der Waals surface area contributed by atoms with Crippen molar-refractivity contribution in [3.8, 4) is 0 Å². The van der Waals surface area contributed by atoms with E-state index in [0.29, 0.717) is 13.0 Å². The Balaban J connectivity index is 2.35. The second-order valence-electron chi connectivity index (χ2n) is 4.50. The maximum atomic E-state index is 11.9. The van der Waals surface area contributed by atoms with Crippen LogP contribution in [0.15, 0.2) is 18.2 Å². The molecule has 3 nitrogen and oxygen atoms in total. The lowest BCUT2D eigenvalue weighted by molar-refractivity contribution is -0.117. The summed E-state index contributed by atoms with van der Waals surface area (Å²) < 4.78 is 0. The zero-order valence-electron chi connectivity index (χ0n) is 9.73. The number of aliphatic hydroxyl groups excluding tert-OH is 1. The van der Waals surface area contributed by atoms with Crippen molar-refractivity contribution >= 4 is 11.6 Å². The maximum Gasteiger partial charge on any atom is 0.227 e. The molecule has 1 aromatic carbocycles. The number of aliphatic hydroxyl groups is 1. The molecule has 1 aliphatic heterocycles. The summed E-state index contributed by atoms with van der Waals surface area (Å²) in [6.45, 7) is 4.76. The Morgan fingerprint density at radius 1 is 1.38 bits per heavy atom. The normalized spacial score (nSPS) is 20.6. The molecule has 1 saturated heterocycles. The lowest BCUT2D eigenvalue weighted by Crippen LogP contribution is -2.26. The predicted molar refractivity (Wildman–Crippen MR) is 63.5 cm³/mol. The van der Waals surface area contributed by atoms with Gasteiger partial charge in [-0.3, -0.25) is 4.79 Å². The minimum Gasteiger partial charge on any atom is -0.396 e. The third-order valence-corrected chi connectivity index (χ3v) is 3.17. The standard InChI is InChI=1S/C13H17NO2/c1-9-4-3-5-10(2)13(9)14-7-11(8-15)6-12(14)16/h3-5,11,15H,6-8H2,1-2H3. The van der Waals surface area contributed by atoms with Gasteiger partial charge in [0.15, 0.2) is 0 Å². The fourth-order valence-electron chi connectivity index (χ4n) is 2.35. The molecule has 0 spiro atoms. The Morgan fingerprint density at radius 2 is 2.00 bits per heavy atom. The fourth-order valence-corrected chi connectivity index (χ4v) is 2.35. The van der Waals surface area contributed by atoms with Crippen LogP contribution in [0.3, 0.4) is 0 Å². The van der Waals surface area contributed by atoms with Gasteiger partial charge in [-0.05, 0) is 25.0 Å². The lowest BCUT2D eigenvalue weighted by atomic mass is 10.1. The van der Waals surface area contributed by atoms with Gasteiger partial charge in [0.05, 0.1) is 0 Å². The number of amides is 1. The van der Waals surface area contributed by atoms with E-state index in [1.807, 2.05) is 36.9 Å². The largest absolute Gasteiger partial charge is 0.396 e. The Labute approximate surface area is 95.7 Å². The van der Waals surface area contributed by atoms with Crippen LogP contribution >= 0.6 is 0 Å². The summed E-state index contributed by atoms with van der Waals surface area (Å²) >= 11 is 0. The average Bonchev–Trinajstić information content (AvgIpc) is 2.60. The Hall–Kier alpha value is -1.35. The van der Waals surface area contributed by atoms with Crippen LogP contribution in [0.4, 0.5) is 5.69 Å². The van der Waals surface area contributed by atoms with Crippen LogP contribution in [-0.4, -0.2) is 24.2 Å². The van der Waals surface area contributed by atoms with Crippen molar-refractivity contribution in [2.45, 2.75) is 20.3 Å². The number of benzene rings is 1. The second kappa shape index (κ2) is 4.26. The molecule has 1 aromatic rings. The first-order valence-electron chi connectivity index (χ1n) is 5.61. The lowest BCUT2D eigenvalue weighted by Gasteiger charge is -2.21. The van der Waals surface area contributed by atoms with E-state index in [-0.39, 0.29) is 18.4 Å². The van der Waals surface area contributed by atoms with E-state index >= 15 is 0 Å². The van der Waals surface area contributed by atoms with E-state index in [1.54, 1.807) is 0 Å². The van der Waals surface area contributed by atoms with E-state index < -0.39 is 0 Å². The Morgan fingerprint density at radius 3 is 2.50 bits per heavy atom. The third-order valence-electron chi connectivity index (χ3n) is 3.17. The molecule has 1 heterocycles. The molecule has 1 atom stereocenters. The molecule has 1 unspecified atom stereocenters. The molecule has 3 heteroatoms. The van der Waals surface area contributed by atoms with Gasteiger partial charge in [-0.1, -0.05) is 18.2 Å². The summed E-state index contributed by atoms with van der Waals surface area (Å²) in [7, 11) is 0. The van der Waals surface area contributed by atoms with E-state index in [9.17, 15) is 4.79 Å². The van der Waals surface area contributed by atoms with Gasteiger partial charge in [-0.25, -0.2) is 0 Å². The van der Waals surface area contributed by atoms with Gasteiger partial charge in [0.25, 0.3) is 0 Å². The molecule has 86 valence electrons. The molecule has 1 fully saturated rings. The molecule has 0 aromatic heterocycles. The highest BCUT2D eigenvalue weighted by molar-refractivity contribution is 5.97. The molecule has 0 bridgehead atoms. The number of nitrogens with zero attached hydrogens (tertiary/aromatic N) is 1. The van der Waals surface area contributed by atoms with E-state index in [1.165, 1.54) is 0 Å². The van der Waals surface area contributed by atoms with E-state index in [4.69, 9.17) is 5.11 Å². The molecule has 1 N–H and O–H groups in total. The summed E-state index contributed by atoms with van der Waals surface area (Å²) in [5.41, 5.74) is 3.25. The Bertz CT molecular complexity index is 394. The number of anilines is 1. The second-order valence-corrected chi connectivity index (χ2v) is 4.50. The van der Waals surface area contributed by atoms with Crippen molar-refractivity contribution in [3.63, 3.8) is 0 Å². The zero-order valence-corrected chi connectivity index (χ0v) is 9.73. The molecule has 0 aliphatic carbocycles. The van der Waals surface area contributed by atoms with Crippen molar-refractivity contribution < 1.29 is 9.90 Å². The van der Waals surface area contributed by atoms with Crippen LogP contribution in [0.25, 0.3) is 0 Å². The van der Waals surface area contributed by atoms with Crippen LogP contribution in [0, 0.1) is 19.8 Å². The quantitative estimate of drug-likeness (QED) is 0.821. The first-order chi connectivity index (χ1) is 7.63. The average molecular weight is 219 g/mol. The van der Waals surface area contributed by atoms with Gasteiger partial charge in [0, 0.05) is 31.2 Å². The topological polar surface area (TPSA) is 40.5 Å². The zero-order chi connectivity index (χ0) is 11.7. The predicted octanol–water partition coefficient (Wildman–Crippen LogP) is 1.65. The smallest absolute Gasteiger partial charge is 0.227 e. The molecule has 2 rings (SSSR count). The summed E-state index contributed by atoms with van der Waals surface area (Å²) in [4.78, 5) is 13.7. The van der Waals surface area contributed by atoms with Gasteiger partial charge < -0.3 is 10.0 Å². The number of hydrogen-bond acceptors (Lipinski definition) is 2. The first-order valence-corrected chi connectivity index (χ1v) is 5.61. The summed E-state index contributed by atoms with van der Waals surface area (Å²) in [6, 6.07) is 6.03. The molecule has 1 amide bonds. The van der Waals surface area contributed by atoms with Gasteiger partial charge >= 0.3 is 0 Å². The van der Waals surface area contributed by atoms with Gasteiger partial charge in [-0.2, -0.15) is 0 Å². The van der Waals surface area contributed by atoms with E-state index in [0.717, 1.165) is 16.8 Å². The fraction of sp³-hybridized carbons (Fsp3) is 0.462. The number of hydrogen-bond donors (Lipinski definition) is 1. The van der Waals surface area contributed by atoms with Crippen LogP contribution in [0.2, 0.25) is 0 Å². The number of carbonyl (C=O) groups excluding carboxylic acids is 1. The molecular formula is C13H17NO2. The number of para-hydroxylation sites is 1. The summed E-state index contributed by atoms with van der Waals surface area (Å²) in [6.07, 6.45) is 0.463. The first kappa shape index (κ1) is 11.1. The van der Waals surface area contributed by atoms with Gasteiger partial charge in [0.2, 0.25) is 5.91 Å². The Kier molecular flexibility index (Phi) is 2.97. The summed E-state index contributed by atoms with van der Waals surface area (Å²) in [5, 5.41) is 9.11. The maximum absolute atomic E-state index is 11.9. The molecular weight excluding hydrogens is 202 g/mol. The van der Waals surface area contributed by atoms with Crippen molar-refractivity contribution in [2.75, 3.05) is 18.1 Å². The van der Waals surface area contributed by atoms with Crippen LogP contribution in [-0.2, 0) is 4.79 Å². The third kappa shape index (κ3) is 1.83. The van der Waals surface area contributed by atoms with Crippen molar-refractivity contribution in [1.82, 2.24) is 0 Å². The molecule has 16 heavy (non-hydrogen) atoms. The van der Waals surface area contributed by atoms with Gasteiger partial charge in [0.1, 0.15) is 0 Å². The van der Waals surface area contributed by atoms with Crippen LogP contribution < -0.4 is 4.90 Å². The SMILES string of the molecule is Cc1cccc(C)c1N1CC(CO)CC1=O.